The maximum Gasteiger partial charge on any atom is 0.253 e. The molecule has 0 aliphatic carbocycles. The van der Waals surface area contributed by atoms with Crippen molar-refractivity contribution in [1.82, 2.24) is 15.2 Å². The zero-order valence-corrected chi connectivity index (χ0v) is 12.3. The van der Waals surface area contributed by atoms with Gasteiger partial charge in [-0.2, -0.15) is 0 Å². The highest BCUT2D eigenvalue weighted by atomic mass is 32.2. The second-order valence-electron chi connectivity index (χ2n) is 4.27. The van der Waals surface area contributed by atoms with Crippen molar-refractivity contribution in [2.24, 2.45) is 0 Å². The Bertz CT molecular complexity index is 471. The molecule has 6 nitrogen and oxygen atoms in total. The summed E-state index contributed by atoms with van der Waals surface area (Å²) >= 11 is 0. The third kappa shape index (κ3) is 5.56. The summed E-state index contributed by atoms with van der Waals surface area (Å²) in [7, 11) is 1.63. The molecule has 0 aliphatic rings. The van der Waals surface area contributed by atoms with E-state index in [0.717, 1.165) is 13.0 Å². The summed E-state index contributed by atoms with van der Waals surface area (Å²) in [5.74, 6) is 0.667. The van der Waals surface area contributed by atoms with E-state index in [9.17, 15) is 8.42 Å². The molecule has 1 aromatic carbocycles. The van der Waals surface area contributed by atoms with Crippen molar-refractivity contribution in [3.63, 3.8) is 0 Å². The Labute approximate surface area is 114 Å². The molecule has 0 amide bonds. The molecular formula is C12H21N3O3S. The minimum Gasteiger partial charge on any atom is -0.494 e. The van der Waals surface area contributed by atoms with Gasteiger partial charge in [-0.3, -0.25) is 0 Å². The summed E-state index contributed by atoms with van der Waals surface area (Å²) in [6, 6.07) is 6.37. The van der Waals surface area contributed by atoms with E-state index in [1.807, 2.05) is 7.05 Å². The van der Waals surface area contributed by atoms with Crippen LogP contribution in [0.2, 0.25) is 0 Å². The molecule has 0 atom stereocenters. The maximum absolute atomic E-state index is 11.9. The summed E-state index contributed by atoms with van der Waals surface area (Å²) in [5, 5.41) is 4.42. The third-order valence-corrected chi connectivity index (χ3v) is 3.77. The number of ether oxygens (including phenoxy) is 1. The fourth-order valence-electron chi connectivity index (χ4n) is 1.45. The highest BCUT2D eigenvalue weighted by Gasteiger charge is 2.14. The van der Waals surface area contributed by atoms with Crippen molar-refractivity contribution >= 4 is 10.0 Å². The van der Waals surface area contributed by atoms with E-state index in [1.165, 1.54) is 17.1 Å². The summed E-state index contributed by atoms with van der Waals surface area (Å²) < 4.78 is 29.2. The van der Waals surface area contributed by atoms with Gasteiger partial charge in [0.25, 0.3) is 10.0 Å². The van der Waals surface area contributed by atoms with Crippen LogP contribution in [0.15, 0.2) is 29.2 Å². The largest absolute Gasteiger partial charge is 0.494 e. The molecule has 0 fully saturated rings. The lowest BCUT2D eigenvalue weighted by Gasteiger charge is -2.13. The van der Waals surface area contributed by atoms with Crippen LogP contribution in [0.5, 0.6) is 5.75 Å². The van der Waals surface area contributed by atoms with Crippen molar-refractivity contribution in [3.8, 4) is 5.75 Å². The fourth-order valence-corrected chi connectivity index (χ4v) is 2.53. The van der Waals surface area contributed by atoms with E-state index in [1.54, 1.807) is 26.2 Å². The first-order valence-corrected chi connectivity index (χ1v) is 7.51. The normalized spacial score (nSPS) is 11.8. The average molecular weight is 287 g/mol. The van der Waals surface area contributed by atoms with Crippen LogP contribution >= 0.6 is 0 Å². The van der Waals surface area contributed by atoms with Gasteiger partial charge in [-0.1, -0.05) is 0 Å². The second-order valence-corrected chi connectivity index (χ2v) is 5.93. The van der Waals surface area contributed by atoms with Gasteiger partial charge in [0.15, 0.2) is 0 Å². The SMILES string of the molecule is CNCCCOc1ccc(S(=O)(=O)NN(C)C)cc1. The number of benzene rings is 1. The average Bonchev–Trinajstić information content (AvgIpc) is 2.34. The number of hydrogen-bond acceptors (Lipinski definition) is 5. The Kier molecular flexibility index (Phi) is 6.23. The predicted octanol–water partition coefficient (Wildman–Crippen LogP) is 0.430. The summed E-state index contributed by atoms with van der Waals surface area (Å²) in [6.07, 6.45) is 0.902. The highest BCUT2D eigenvalue weighted by Crippen LogP contribution is 2.16. The monoisotopic (exact) mass is 287 g/mol. The highest BCUT2D eigenvalue weighted by molar-refractivity contribution is 7.89. The lowest BCUT2D eigenvalue weighted by molar-refractivity contribution is 0.309. The van der Waals surface area contributed by atoms with Gasteiger partial charge >= 0.3 is 0 Å². The Morgan fingerprint density at radius 2 is 1.84 bits per heavy atom. The van der Waals surface area contributed by atoms with Gasteiger partial charge in [0.05, 0.1) is 11.5 Å². The summed E-state index contributed by atoms with van der Waals surface area (Å²) in [4.78, 5) is 2.58. The molecule has 1 rings (SSSR count). The van der Waals surface area contributed by atoms with Crippen LogP contribution in [0, 0.1) is 0 Å². The smallest absolute Gasteiger partial charge is 0.253 e. The molecule has 2 N–H and O–H groups in total. The first-order valence-electron chi connectivity index (χ1n) is 6.03. The van der Waals surface area contributed by atoms with Gasteiger partial charge in [-0.25, -0.2) is 13.4 Å². The molecule has 1 aromatic rings. The van der Waals surface area contributed by atoms with E-state index in [2.05, 4.69) is 10.1 Å². The lowest BCUT2D eigenvalue weighted by Crippen LogP contribution is -2.36. The number of nitrogens with one attached hydrogen (secondary N) is 2. The van der Waals surface area contributed by atoms with Crippen LogP contribution in [-0.4, -0.2) is 47.7 Å². The molecule has 19 heavy (non-hydrogen) atoms. The van der Waals surface area contributed by atoms with Gasteiger partial charge in [0.2, 0.25) is 0 Å². The van der Waals surface area contributed by atoms with Crippen LogP contribution < -0.4 is 14.9 Å². The molecule has 0 aliphatic heterocycles. The number of hydrazine groups is 1. The van der Waals surface area contributed by atoms with Crippen LogP contribution in [0.25, 0.3) is 0 Å². The summed E-state index contributed by atoms with van der Waals surface area (Å²) in [6.45, 7) is 1.49. The third-order valence-electron chi connectivity index (χ3n) is 2.28. The molecule has 0 radical (unpaired) electrons. The van der Waals surface area contributed by atoms with E-state index < -0.39 is 10.0 Å². The van der Waals surface area contributed by atoms with Gasteiger partial charge < -0.3 is 10.1 Å². The second kappa shape index (κ2) is 7.44. The molecule has 0 unspecified atom stereocenters. The van der Waals surface area contributed by atoms with E-state index in [0.29, 0.717) is 12.4 Å². The molecule has 0 saturated carbocycles. The fraction of sp³-hybridized carbons (Fsp3) is 0.500. The van der Waals surface area contributed by atoms with Crippen LogP contribution in [0.1, 0.15) is 6.42 Å². The van der Waals surface area contributed by atoms with Gasteiger partial charge in [-0.05, 0) is 44.3 Å². The molecule has 0 saturated heterocycles. The molecule has 0 heterocycles. The van der Waals surface area contributed by atoms with Crippen molar-refractivity contribution in [1.29, 1.82) is 0 Å². The number of sulfonamides is 1. The van der Waals surface area contributed by atoms with E-state index in [-0.39, 0.29) is 4.90 Å². The zero-order valence-electron chi connectivity index (χ0n) is 11.5. The first-order chi connectivity index (χ1) is 8.95. The van der Waals surface area contributed by atoms with E-state index in [4.69, 9.17) is 4.74 Å². The van der Waals surface area contributed by atoms with Gasteiger partial charge in [-0.15, -0.1) is 4.83 Å². The number of hydrogen-bond donors (Lipinski definition) is 2. The van der Waals surface area contributed by atoms with Crippen molar-refractivity contribution in [3.05, 3.63) is 24.3 Å². The van der Waals surface area contributed by atoms with Crippen molar-refractivity contribution < 1.29 is 13.2 Å². The summed E-state index contributed by atoms with van der Waals surface area (Å²) in [5.41, 5.74) is 0. The Hall–Kier alpha value is -1.15. The minimum atomic E-state index is -3.50. The quantitative estimate of drug-likeness (QED) is 0.536. The van der Waals surface area contributed by atoms with Crippen molar-refractivity contribution in [2.45, 2.75) is 11.3 Å². The van der Waals surface area contributed by atoms with Gasteiger partial charge in [0, 0.05) is 14.1 Å². The molecular weight excluding hydrogens is 266 g/mol. The molecule has 108 valence electrons. The number of nitrogens with zero attached hydrogens (tertiary/aromatic N) is 1. The van der Waals surface area contributed by atoms with Crippen LogP contribution in [0.4, 0.5) is 0 Å². The van der Waals surface area contributed by atoms with Crippen molar-refractivity contribution in [2.75, 3.05) is 34.3 Å². The zero-order chi connectivity index (χ0) is 14.3. The predicted molar refractivity (Wildman–Crippen MR) is 74.5 cm³/mol. The molecule has 7 heteroatoms. The topological polar surface area (TPSA) is 70.7 Å². The van der Waals surface area contributed by atoms with Crippen LogP contribution in [0.3, 0.4) is 0 Å². The molecule has 0 spiro atoms. The minimum absolute atomic E-state index is 0.212. The Morgan fingerprint density at radius 1 is 1.21 bits per heavy atom. The van der Waals surface area contributed by atoms with E-state index >= 15 is 0 Å². The molecule has 0 aromatic heterocycles. The van der Waals surface area contributed by atoms with Crippen LogP contribution in [-0.2, 0) is 10.0 Å². The maximum atomic E-state index is 11.9. The number of rotatable bonds is 8. The lowest BCUT2D eigenvalue weighted by atomic mass is 10.3. The first kappa shape index (κ1) is 15.9. The Morgan fingerprint density at radius 3 is 2.37 bits per heavy atom. The van der Waals surface area contributed by atoms with Gasteiger partial charge in [0.1, 0.15) is 5.75 Å². The standard InChI is InChI=1S/C12H21N3O3S/c1-13-9-4-10-18-11-5-7-12(8-6-11)19(16,17)14-15(2)3/h5-8,13-14H,4,9-10H2,1-3H3. The molecule has 0 bridgehead atoms. The Balaban J connectivity index is 2.61.